The van der Waals surface area contributed by atoms with Gasteiger partial charge in [0.1, 0.15) is 5.52 Å². The molecule has 1 aromatic heterocycles. The predicted octanol–water partition coefficient (Wildman–Crippen LogP) is 4.20. The van der Waals surface area contributed by atoms with Gasteiger partial charge in [-0.05, 0) is 73.0 Å². The molecule has 5 rings (SSSR count). The quantitative estimate of drug-likeness (QED) is 0.713. The van der Waals surface area contributed by atoms with Gasteiger partial charge in [-0.3, -0.25) is 4.79 Å². The zero-order valence-electron chi connectivity index (χ0n) is 19.6. The van der Waals surface area contributed by atoms with Gasteiger partial charge >= 0.3 is 0 Å². The van der Waals surface area contributed by atoms with Crippen molar-refractivity contribution in [1.29, 1.82) is 0 Å². The second kappa shape index (κ2) is 8.38. The monoisotopic (exact) mass is 474 g/mol. The summed E-state index contributed by atoms with van der Waals surface area (Å²) in [5.74, 6) is 2.09. The lowest BCUT2D eigenvalue weighted by Crippen LogP contribution is -2.54. The molecule has 2 saturated carbocycles. The maximum Gasteiger partial charge on any atom is 0.239 e. The molecule has 2 heterocycles. The Morgan fingerprint density at radius 3 is 2.79 bits per heavy atom. The number of fused-ring (bicyclic) bond motifs is 2. The first kappa shape index (κ1) is 22.8. The molecule has 7 nitrogen and oxygen atoms in total. The van der Waals surface area contributed by atoms with Crippen molar-refractivity contribution >= 4 is 27.0 Å². The number of sulfonamides is 1. The lowest BCUT2D eigenvalue weighted by atomic mass is 9.74. The number of benzene rings is 1. The molecular formula is C25H34N2O5S. The van der Waals surface area contributed by atoms with Crippen LogP contribution in [0.2, 0.25) is 0 Å². The number of aliphatic hydroxyl groups is 1. The SMILES string of the molecule is Cc1nc2cc([C@@H](O)CC(=O)N3[C@@H]4CC5C[C@@H]4[C@H](CCCC5C(C)C)CS3(=O)=O)ccc2o1. The highest BCUT2D eigenvalue weighted by molar-refractivity contribution is 7.89. The molecule has 2 aromatic rings. The van der Waals surface area contributed by atoms with Gasteiger partial charge in [-0.2, -0.15) is 0 Å². The number of aryl methyl sites for hydroxylation is 1. The lowest BCUT2D eigenvalue weighted by Gasteiger charge is -2.42. The number of carbonyl (C=O) groups excluding carboxylic acids is 1. The van der Waals surface area contributed by atoms with Crippen molar-refractivity contribution in [3.63, 3.8) is 0 Å². The first-order chi connectivity index (χ1) is 15.6. The van der Waals surface area contributed by atoms with Crippen molar-refractivity contribution in [2.45, 2.75) is 71.4 Å². The second-order valence-corrected chi connectivity index (χ2v) is 12.6. The number of amides is 1. The number of nitrogens with zero attached hydrogens (tertiary/aromatic N) is 2. The maximum absolute atomic E-state index is 13.4. The Bertz CT molecular complexity index is 1160. The van der Waals surface area contributed by atoms with Crippen molar-refractivity contribution in [3.8, 4) is 0 Å². The zero-order chi connectivity index (χ0) is 23.5. The maximum atomic E-state index is 13.4. The van der Waals surface area contributed by atoms with E-state index in [0.29, 0.717) is 40.3 Å². The molecule has 1 N–H and O–H groups in total. The fraction of sp³-hybridized carbons (Fsp3) is 0.680. The van der Waals surface area contributed by atoms with Crippen LogP contribution in [0.25, 0.3) is 11.1 Å². The van der Waals surface area contributed by atoms with Crippen molar-refractivity contribution < 1.29 is 22.7 Å². The van der Waals surface area contributed by atoms with E-state index < -0.39 is 22.0 Å². The van der Waals surface area contributed by atoms with Crippen molar-refractivity contribution in [3.05, 3.63) is 29.7 Å². The van der Waals surface area contributed by atoms with E-state index in [1.807, 2.05) is 0 Å². The largest absolute Gasteiger partial charge is 0.441 e. The van der Waals surface area contributed by atoms with E-state index in [-0.39, 0.29) is 30.1 Å². The van der Waals surface area contributed by atoms with Crippen LogP contribution >= 0.6 is 0 Å². The summed E-state index contributed by atoms with van der Waals surface area (Å²) in [7, 11) is -3.70. The van der Waals surface area contributed by atoms with Crippen LogP contribution < -0.4 is 0 Å². The van der Waals surface area contributed by atoms with Gasteiger partial charge in [0.2, 0.25) is 15.9 Å². The number of oxazole rings is 1. The fourth-order valence-corrected chi connectivity index (χ4v) is 9.06. The first-order valence-corrected chi connectivity index (χ1v) is 13.8. The first-order valence-electron chi connectivity index (χ1n) is 12.2. The molecule has 0 spiro atoms. The van der Waals surface area contributed by atoms with Crippen molar-refractivity contribution in [2.24, 2.45) is 29.6 Å². The molecule has 2 aliphatic carbocycles. The number of hydrogen-bond acceptors (Lipinski definition) is 6. The van der Waals surface area contributed by atoms with Crippen LogP contribution in [0.1, 0.15) is 69.9 Å². The average Bonchev–Trinajstić information content (AvgIpc) is 3.31. The van der Waals surface area contributed by atoms with Crippen LogP contribution in [0.3, 0.4) is 0 Å². The summed E-state index contributed by atoms with van der Waals surface area (Å²) >= 11 is 0. The topological polar surface area (TPSA) is 101 Å². The number of aromatic nitrogens is 1. The summed E-state index contributed by atoms with van der Waals surface area (Å²) in [5, 5.41) is 10.8. The third-order valence-corrected chi connectivity index (χ3v) is 10.3. The fourth-order valence-electron chi connectivity index (χ4n) is 6.90. The molecule has 3 aliphatic rings. The van der Waals surface area contributed by atoms with Crippen LogP contribution in [-0.2, 0) is 14.8 Å². The van der Waals surface area contributed by atoms with E-state index in [1.165, 1.54) is 4.31 Å². The van der Waals surface area contributed by atoms with E-state index in [2.05, 4.69) is 18.8 Å². The molecule has 1 amide bonds. The molecule has 2 unspecified atom stereocenters. The molecule has 3 fully saturated rings. The predicted molar refractivity (Wildman–Crippen MR) is 125 cm³/mol. The molecule has 1 aliphatic heterocycles. The van der Waals surface area contributed by atoms with Crippen LogP contribution in [0, 0.1) is 36.5 Å². The van der Waals surface area contributed by atoms with E-state index >= 15 is 0 Å². The Morgan fingerprint density at radius 1 is 1.24 bits per heavy atom. The van der Waals surface area contributed by atoms with E-state index in [1.54, 1.807) is 25.1 Å². The van der Waals surface area contributed by atoms with Crippen LogP contribution in [-0.4, -0.2) is 40.5 Å². The Balaban J connectivity index is 1.39. The summed E-state index contributed by atoms with van der Waals surface area (Å²) in [6.07, 6.45) is 3.57. The minimum Gasteiger partial charge on any atom is -0.441 e. The summed E-state index contributed by atoms with van der Waals surface area (Å²) in [6.45, 7) is 6.27. The van der Waals surface area contributed by atoms with Crippen LogP contribution in [0.4, 0.5) is 0 Å². The summed E-state index contributed by atoms with van der Waals surface area (Å²) < 4.78 is 33.2. The van der Waals surface area contributed by atoms with Gasteiger partial charge in [-0.25, -0.2) is 17.7 Å². The summed E-state index contributed by atoms with van der Waals surface area (Å²) in [4.78, 5) is 17.7. The molecule has 1 saturated heterocycles. The minimum absolute atomic E-state index is 0.0548. The highest BCUT2D eigenvalue weighted by atomic mass is 32.2. The molecular weight excluding hydrogens is 440 g/mol. The van der Waals surface area contributed by atoms with E-state index in [4.69, 9.17) is 4.42 Å². The molecule has 1 aromatic carbocycles. The van der Waals surface area contributed by atoms with E-state index in [9.17, 15) is 18.3 Å². The zero-order valence-corrected chi connectivity index (χ0v) is 20.4. The van der Waals surface area contributed by atoms with Crippen molar-refractivity contribution in [1.82, 2.24) is 9.29 Å². The van der Waals surface area contributed by atoms with Gasteiger partial charge in [-0.1, -0.05) is 26.3 Å². The third-order valence-electron chi connectivity index (χ3n) is 8.34. The Kier molecular flexibility index (Phi) is 5.80. The van der Waals surface area contributed by atoms with Crippen LogP contribution in [0.15, 0.2) is 22.6 Å². The van der Waals surface area contributed by atoms with Gasteiger partial charge in [0.25, 0.3) is 0 Å². The molecule has 2 bridgehead atoms. The van der Waals surface area contributed by atoms with Gasteiger partial charge in [-0.15, -0.1) is 0 Å². The lowest BCUT2D eigenvalue weighted by molar-refractivity contribution is -0.131. The number of carbonyl (C=O) groups is 1. The Labute approximate surface area is 195 Å². The van der Waals surface area contributed by atoms with Gasteiger partial charge < -0.3 is 9.52 Å². The standard InChI is InChI=1S/C25H34N2O5S/c1-14(2)19-6-4-5-17-13-33(30,31)27(22-11-18(19)9-20(17)22)25(29)12-23(28)16-7-8-24-21(10-16)26-15(3)32-24/h7-8,10,14,17-20,22-23,28H,4-6,9,11-13H2,1-3H3/t17-,18?,19?,20-,22-,23+/m1/s1. The molecule has 0 radical (unpaired) electrons. The molecule has 6 atom stereocenters. The van der Waals surface area contributed by atoms with E-state index in [0.717, 1.165) is 32.1 Å². The second-order valence-electron chi connectivity index (χ2n) is 10.7. The Morgan fingerprint density at radius 2 is 2.03 bits per heavy atom. The van der Waals surface area contributed by atoms with Gasteiger partial charge in [0.15, 0.2) is 11.5 Å². The average molecular weight is 475 g/mol. The Hall–Kier alpha value is -1.93. The third kappa shape index (κ3) is 4.09. The highest BCUT2D eigenvalue weighted by Crippen LogP contribution is 2.52. The highest BCUT2D eigenvalue weighted by Gasteiger charge is 2.54. The smallest absolute Gasteiger partial charge is 0.239 e. The normalized spacial score (nSPS) is 32.0. The van der Waals surface area contributed by atoms with Crippen LogP contribution in [0.5, 0.6) is 0 Å². The van der Waals surface area contributed by atoms with Crippen molar-refractivity contribution in [2.75, 3.05) is 5.75 Å². The number of hydrogen-bond donors (Lipinski definition) is 1. The summed E-state index contributed by atoms with van der Waals surface area (Å²) in [6, 6.07) is 4.86. The minimum atomic E-state index is -3.70. The van der Waals surface area contributed by atoms with Gasteiger partial charge in [0, 0.05) is 6.92 Å². The number of aliphatic hydroxyl groups excluding tert-OH is 1. The molecule has 8 heteroatoms. The molecule has 33 heavy (non-hydrogen) atoms. The molecule has 180 valence electrons. The van der Waals surface area contributed by atoms with Gasteiger partial charge in [0.05, 0.1) is 24.3 Å². The number of rotatable bonds is 4. The summed E-state index contributed by atoms with van der Waals surface area (Å²) in [5.41, 5.74) is 1.77.